The summed E-state index contributed by atoms with van der Waals surface area (Å²) in [6.45, 7) is 10.0. The van der Waals surface area contributed by atoms with Crippen molar-refractivity contribution in [2.24, 2.45) is 0 Å². The molecule has 0 aromatic rings. The van der Waals surface area contributed by atoms with E-state index in [1.807, 2.05) is 0 Å². The highest BCUT2D eigenvalue weighted by Crippen LogP contribution is 1.92. The Hall–Kier alpha value is -1.16. The zero-order valence-electron chi connectivity index (χ0n) is 5.66. The summed E-state index contributed by atoms with van der Waals surface area (Å²) in [5, 5.41) is 0. The van der Waals surface area contributed by atoms with Gasteiger partial charge in [-0.15, -0.1) is 0 Å². The van der Waals surface area contributed by atoms with Gasteiger partial charge in [0.05, 0.1) is 18.8 Å². The molecule has 0 N–H and O–H groups in total. The van der Waals surface area contributed by atoms with E-state index in [0.717, 1.165) is 0 Å². The first kappa shape index (κ1) is 8.84. The highest BCUT2D eigenvalue weighted by atomic mass is 28.3. The summed E-state index contributed by atoms with van der Waals surface area (Å²) >= 11 is 0. The van der Waals surface area contributed by atoms with Crippen LogP contribution in [0.4, 0.5) is 0 Å². The predicted octanol–water partition coefficient (Wildman–Crippen LogP) is 1.18. The van der Waals surface area contributed by atoms with Gasteiger partial charge in [-0.2, -0.15) is 0 Å². The van der Waals surface area contributed by atoms with Gasteiger partial charge in [0.1, 0.15) is 0 Å². The lowest BCUT2D eigenvalue weighted by atomic mass is 11.2. The molecule has 0 rings (SSSR count). The third-order valence-corrected chi connectivity index (χ3v) is 1.87. The first-order chi connectivity index (χ1) is 4.85. The summed E-state index contributed by atoms with van der Waals surface area (Å²) in [5.41, 5.74) is 0. The largest absolute Gasteiger partial charge is 0.681 e. The summed E-state index contributed by atoms with van der Waals surface area (Å²) in [5.74, 6) is 0. The molecular weight excluding hydrogens is 148 g/mol. The average Bonchev–Trinajstić information content (AvgIpc) is 1.90. The van der Waals surface area contributed by atoms with Gasteiger partial charge < -0.3 is 13.3 Å². The Kier molecular flexibility index (Phi) is 5.27. The topological polar surface area (TPSA) is 27.7 Å². The molecule has 0 saturated heterocycles. The van der Waals surface area contributed by atoms with Crippen LogP contribution in [0.3, 0.4) is 0 Å². The first-order valence-corrected chi connectivity index (χ1v) is 4.05. The Labute approximate surface area is 62.2 Å². The van der Waals surface area contributed by atoms with E-state index < -0.39 is 9.53 Å². The van der Waals surface area contributed by atoms with Crippen molar-refractivity contribution in [2.75, 3.05) is 0 Å². The molecule has 0 bridgehead atoms. The minimum atomic E-state index is -2.09. The third kappa shape index (κ3) is 3.79. The molecule has 0 aromatic heterocycles. The van der Waals surface area contributed by atoms with Gasteiger partial charge in [0.15, 0.2) is 0 Å². The van der Waals surface area contributed by atoms with Gasteiger partial charge >= 0.3 is 9.53 Å². The zero-order valence-corrected chi connectivity index (χ0v) is 6.81. The van der Waals surface area contributed by atoms with E-state index >= 15 is 0 Å². The molecule has 0 atom stereocenters. The van der Waals surface area contributed by atoms with E-state index in [-0.39, 0.29) is 0 Å². The van der Waals surface area contributed by atoms with E-state index in [9.17, 15) is 0 Å². The second kappa shape index (κ2) is 5.96. The highest BCUT2D eigenvalue weighted by Gasteiger charge is 2.13. The maximum atomic E-state index is 4.84. The number of hydrogen-bond donors (Lipinski definition) is 0. The van der Waals surface area contributed by atoms with Crippen LogP contribution in [0.5, 0.6) is 0 Å². The monoisotopic (exact) mass is 158 g/mol. The average molecular weight is 158 g/mol. The van der Waals surface area contributed by atoms with Crippen molar-refractivity contribution in [2.45, 2.75) is 0 Å². The standard InChI is InChI=1S/C6H10O3Si/c1-4-7-10(8-5-2)9-6-3/h4-6,10H,1-3H2. The number of hydrogen-bond acceptors (Lipinski definition) is 3. The molecule has 0 amide bonds. The molecule has 0 heterocycles. The van der Waals surface area contributed by atoms with Crippen LogP contribution in [0.2, 0.25) is 0 Å². The van der Waals surface area contributed by atoms with Crippen LogP contribution in [-0.2, 0) is 13.3 Å². The molecule has 0 fully saturated rings. The zero-order chi connectivity index (χ0) is 7.82. The van der Waals surface area contributed by atoms with Crippen molar-refractivity contribution < 1.29 is 13.3 Å². The van der Waals surface area contributed by atoms with Crippen LogP contribution in [-0.4, -0.2) is 9.53 Å². The lowest BCUT2D eigenvalue weighted by Crippen LogP contribution is -2.19. The van der Waals surface area contributed by atoms with Gasteiger partial charge in [-0.1, -0.05) is 19.7 Å². The van der Waals surface area contributed by atoms with Crippen molar-refractivity contribution in [3.63, 3.8) is 0 Å². The highest BCUT2D eigenvalue weighted by molar-refractivity contribution is 6.37. The van der Waals surface area contributed by atoms with Gasteiger partial charge in [0.2, 0.25) is 0 Å². The molecule has 0 aliphatic rings. The van der Waals surface area contributed by atoms with Crippen LogP contribution < -0.4 is 0 Å². The van der Waals surface area contributed by atoms with Crippen molar-refractivity contribution in [3.05, 3.63) is 38.5 Å². The summed E-state index contributed by atoms with van der Waals surface area (Å²) in [7, 11) is -2.09. The molecule has 0 spiro atoms. The Morgan fingerprint density at radius 2 is 1.10 bits per heavy atom. The molecule has 4 heteroatoms. The molecule has 56 valence electrons. The normalized spacial score (nSPS) is 8.10. The van der Waals surface area contributed by atoms with Gasteiger partial charge in [-0.3, -0.25) is 0 Å². The van der Waals surface area contributed by atoms with Crippen molar-refractivity contribution in [1.29, 1.82) is 0 Å². The minimum absolute atomic E-state index is 1.27. The van der Waals surface area contributed by atoms with E-state index in [1.54, 1.807) is 0 Å². The van der Waals surface area contributed by atoms with Gasteiger partial charge in [-0.25, -0.2) is 0 Å². The second-order valence-electron chi connectivity index (χ2n) is 1.20. The van der Waals surface area contributed by atoms with E-state index in [4.69, 9.17) is 13.3 Å². The van der Waals surface area contributed by atoms with Gasteiger partial charge in [-0.05, 0) is 0 Å². The molecular formula is C6H10O3Si. The van der Waals surface area contributed by atoms with E-state index in [1.165, 1.54) is 18.8 Å². The molecule has 3 nitrogen and oxygen atoms in total. The molecule has 0 aromatic carbocycles. The Morgan fingerprint density at radius 1 is 0.800 bits per heavy atom. The quantitative estimate of drug-likeness (QED) is 0.429. The van der Waals surface area contributed by atoms with Crippen molar-refractivity contribution in [1.82, 2.24) is 0 Å². The third-order valence-electron chi connectivity index (χ3n) is 0.622. The fourth-order valence-corrected chi connectivity index (χ4v) is 0.996. The first-order valence-electron chi connectivity index (χ1n) is 2.64. The summed E-state index contributed by atoms with van der Waals surface area (Å²) in [6, 6.07) is 0. The lowest BCUT2D eigenvalue weighted by Gasteiger charge is -2.09. The molecule has 0 aliphatic heterocycles. The predicted molar refractivity (Wildman–Crippen MR) is 41.0 cm³/mol. The van der Waals surface area contributed by atoms with E-state index in [0.29, 0.717) is 0 Å². The van der Waals surface area contributed by atoms with Gasteiger partial charge in [0.25, 0.3) is 0 Å². The second-order valence-corrected chi connectivity index (χ2v) is 2.59. The van der Waals surface area contributed by atoms with Crippen LogP contribution in [0.1, 0.15) is 0 Å². The maximum absolute atomic E-state index is 4.84. The maximum Gasteiger partial charge on any atom is 0.681 e. The number of rotatable bonds is 6. The fraction of sp³-hybridized carbons (Fsp3) is 0. The van der Waals surface area contributed by atoms with Crippen LogP contribution in [0, 0.1) is 0 Å². The Balaban J connectivity index is 3.58. The molecule has 0 radical (unpaired) electrons. The van der Waals surface area contributed by atoms with Crippen LogP contribution in [0.25, 0.3) is 0 Å². The van der Waals surface area contributed by atoms with Crippen LogP contribution in [0.15, 0.2) is 38.5 Å². The smallest absolute Gasteiger partial charge is 0.493 e. The van der Waals surface area contributed by atoms with E-state index in [2.05, 4.69) is 19.7 Å². The summed E-state index contributed by atoms with van der Waals surface area (Å²) < 4.78 is 14.5. The summed E-state index contributed by atoms with van der Waals surface area (Å²) in [4.78, 5) is 0. The van der Waals surface area contributed by atoms with Crippen LogP contribution >= 0.6 is 0 Å². The van der Waals surface area contributed by atoms with Crippen molar-refractivity contribution >= 4 is 9.53 Å². The summed E-state index contributed by atoms with van der Waals surface area (Å²) in [6.07, 6.45) is 3.80. The molecule has 0 unspecified atom stereocenters. The van der Waals surface area contributed by atoms with Crippen molar-refractivity contribution in [3.8, 4) is 0 Å². The molecule has 0 saturated carbocycles. The molecule has 0 aliphatic carbocycles. The lowest BCUT2D eigenvalue weighted by molar-refractivity contribution is 0.225. The van der Waals surface area contributed by atoms with Gasteiger partial charge in [0, 0.05) is 0 Å². The SMILES string of the molecule is C=CO[SiH](OC=C)OC=C. The molecule has 10 heavy (non-hydrogen) atoms. The Bertz CT molecular complexity index is 100. The Morgan fingerprint density at radius 3 is 1.30 bits per heavy atom. The fourth-order valence-electron chi connectivity index (χ4n) is 0.332. The minimum Gasteiger partial charge on any atom is -0.493 e.